The Hall–Kier alpha value is -0.870. The van der Waals surface area contributed by atoms with Gasteiger partial charge in [-0.05, 0) is 26.9 Å². The molecule has 98 valence electrons. The third kappa shape index (κ3) is 3.82. The van der Waals surface area contributed by atoms with Crippen LogP contribution in [-0.4, -0.2) is 40.1 Å². The minimum Gasteiger partial charge on any atom is -0.337 e. The molecule has 0 aromatic carbocycles. The van der Waals surface area contributed by atoms with Crippen LogP contribution in [-0.2, 0) is 13.6 Å². The van der Waals surface area contributed by atoms with Gasteiger partial charge in [0.05, 0.1) is 6.54 Å². The van der Waals surface area contributed by atoms with Crippen LogP contribution in [0.2, 0.25) is 0 Å². The molecule has 17 heavy (non-hydrogen) atoms. The third-order valence-electron chi connectivity index (χ3n) is 3.50. The SMILES string of the molecule is CCNC(CC)C(C)N(C)Cc1nccn1C. The highest BCUT2D eigenvalue weighted by Crippen LogP contribution is 2.09. The molecule has 0 amide bonds. The van der Waals surface area contributed by atoms with Gasteiger partial charge in [-0.3, -0.25) is 4.90 Å². The van der Waals surface area contributed by atoms with Crippen LogP contribution >= 0.6 is 0 Å². The van der Waals surface area contributed by atoms with Crippen LogP contribution in [0.15, 0.2) is 12.4 Å². The fourth-order valence-corrected chi connectivity index (χ4v) is 2.14. The van der Waals surface area contributed by atoms with Crippen LogP contribution in [0.3, 0.4) is 0 Å². The zero-order valence-corrected chi connectivity index (χ0v) is 11.8. The molecule has 1 aromatic rings. The molecule has 0 bridgehead atoms. The summed E-state index contributed by atoms with van der Waals surface area (Å²) in [6.45, 7) is 8.60. The Morgan fingerprint density at radius 2 is 2.18 bits per heavy atom. The lowest BCUT2D eigenvalue weighted by Gasteiger charge is -2.31. The minimum absolute atomic E-state index is 0.511. The molecule has 4 heteroatoms. The second kappa shape index (κ2) is 6.77. The monoisotopic (exact) mass is 238 g/mol. The topological polar surface area (TPSA) is 33.1 Å². The smallest absolute Gasteiger partial charge is 0.122 e. The van der Waals surface area contributed by atoms with Crippen LogP contribution < -0.4 is 5.32 Å². The highest BCUT2D eigenvalue weighted by Gasteiger charge is 2.19. The highest BCUT2D eigenvalue weighted by atomic mass is 15.2. The van der Waals surface area contributed by atoms with Crippen molar-refractivity contribution in [2.75, 3.05) is 13.6 Å². The van der Waals surface area contributed by atoms with E-state index in [1.807, 2.05) is 19.4 Å². The lowest BCUT2D eigenvalue weighted by atomic mass is 10.1. The van der Waals surface area contributed by atoms with Crippen molar-refractivity contribution in [2.45, 2.75) is 45.8 Å². The molecular weight excluding hydrogens is 212 g/mol. The molecule has 0 aliphatic rings. The van der Waals surface area contributed by atoms with Gasteiger partial charge in [-0.15, -0.1) is 0 Å². The van der Waals surface area contributed by atoms with E-state index in [1.165, 1.54) is 0 Å². The first-order valence-corrected chi connectivity index (χ1v) is 6.49. The maximum absolute atomic E-state index is 4.37. The van der Waals surface area contributed by atoms with E-state index < -0.39 is 0 Å². The Morgan fingerprint density at radius 1 is 1.47 bits per heavy atom. The van der Waals surface area contributed by atoms with Crippen molar-refractivity contribution in [3.8, 4) is 0 Å². The van der Waals surface area contributed by atoms with Crippen LogP contribution in [0.4, 0.5) is 0 Å². The van der Waals surface area contributed by atoms with Crippen LogP contribution in [0.25, 0.3) is 0 Å². The van der Waals surface area contributed by atoms with E-state index in [9.17, 15) is 0 Å². The molecule has 2 atom stereocenters. The maximum Gasteiger partial charge on any atom is 0.122 e. The number of aromatic nitrogens is 2. The molecule has 0 saturated heterocycles. The fourth-order valence-electron chi connectivity index (χ4n) is 2.14. The normalized spacial score (nSPS) is 15.2. The summed E-state index contributed by atoms with van der Waals surface area (Å²) in [6.07, 6.45) is 5.00. The molecule has 4 nitrogen and oxygen atoms in total. The Labute approximate surface area is 105 Å². The minimum atomic E-state index is 0.511. The van der Waals surface area contributed by atoms with Gasteiger partial charge in [-0.25, -0.2) is 4.98 Å². The average molecular weight is 238 g/mol. The number of likely N-dealkylation sites (N-methyl/N-ethyl adjacent to an activating group) is 2. The number of rotatable bonds is 7. The van der Waals surface area contributed by atoms with E-state index in [-0.39, 0.29) is 0 Å². The van der Waals surface area contributed by atoms with Gasteiger partial charge in [0.2, 0.25) is 0 Å². The van der Waals surface area contributed by atoms with Crippen molar-refractivity contribution < 1.29 is 0 Å². The summed E-state index contributed by atoms with van der Waals surface area (Å²) >= 11 is 0. The van der Waals surface area contributed by atoms with Gasteiger partial charge in [0.1, 0.15) is 5.82 Å². The van der Waals surface area contributed by atoms with Crippen LogP contribution in [0.1, 0.15) is 33.0 Å². The molecule has 0 aliphatic heterocycles. The van der Waals surface area contributed by atoms with Crippen LogP contribution in [0.5, 0.6) is 0 Å². The summed E-state index contributed by atoms with van der Waals surface area (Å²) in [7, 11) is 4.21. The third-order valence-corrected chi connectivity index (χ3v) is 3.50. The zero-order chi connectivity index (χ0) is 12.8. The zero-order valence-electron chi connectivity index (χ0n) is 11.8. The number of hydrogen-bond acceptors (Lipinski definition) is 3. The molecule has 1 aromatic heterocycles. The number of aryl methyl sites for hydroxylation is 1. The van der Waals surface area contributed by atoms with Crippen molar-refractivity contribution in [3.05, 3.63) is 18.2 Å². The molecule has 1 rings (SSSR count). The van der Waals surface area contributed by atoms with Crippen molar-refractivity contribution >= 4 is 0 Å². The Kier molecular flexibility index (Phi) is 5.65. The van der Waals surface area contributed by atoms with E-state index in [1.54, 1.807) is 0 Å². The Balaban J connectivity index is 2.56. The van der Waals surface area contributed by atoms with Crippen LogP contribution in [0, 0.1) is 0 Å². The molecule has 1 heterocycles. The summed E-state index contributed by atoms with van der Waals surface area (Å²) < 4.78 is 2.08. The van der Waals surface area contributed by atoms with Gasteiger partial charge in [0.15, 0.2) is 0 Å². The average Bonchev–Trinajstić information content (AvgIpc) is 2.71. The summed E-state index contributed by atoms with van der Waals surface area (Å²) in [5.41, 5.74) is 0. The predicted molar refractivity (Wildman–Crippen MR) is 71.9 cm³/mol. The van der Waals surface area contributed by atoms with Gasteiger partial charge in [-0.1, -0.05) is 13.8 Å². The van der Waals surface area contributed by atoms with E-state index in [0.717, 1.165) is 25.3 Å². The standard InChI is InChI=1S/C13H26N4/c1-6-12(14-7-2)11(3)17(5)10-13-15-8-9-16(13)4/h8-9,11-12,14H,6-7,10H2,1-5H3. The van der Waals surface area contributed by atoms with Gasteiger partial charge >= 0.3 is 0 Å². The van der Waals surface area contributed by atoms with E-state index in [0.29, 0.717) is 12.1 Å². The van der Waals surface area contributed by atoms with Crippen molar-refractivity contribution in [1.29, 1.82) is 0 Å². The molecule has 0 spiro atoms. The number of nitrogens with zero attached hydrogens (tertiary/aromatic N) is 3. The summed E-state index contributed by atoms with van der Waals surface area (Å²) in [4.78, 5) is 6.73. The molecule has 1 N–H and O–H groups in total. The first-order valence-electron chi connectivity index (χ1n) is 6.49. The highest BCUT2D eigenvalue weighted by molar-refractivity contribution is 4.92. The van der Waals surface area contributed by atoms with Gasteiger partial charge < -0.3 is 9.88 Å². The second-order valence-corrected chi connectivity index (χ2v) is 4.68. The first-order chi connectivity index (χ1) is 8.10. The number of imidazole rings is 1. The van der Waals surface area contributed by atoms with E-state index in [2.05, 4.69) is 47.6 Å². The lowest BCUT2D eigenvalue weighted by Crippen LogP contribution is -2.46. The molecule has 0 aliphatic carbocycles. The predicted octanol–water partition coefficient (Wildman–Crippen LogP) is 1.63. The molecule has 2 unspecified atom stereocenters. The molecule has 0 fully saturated rings. The Bertz CT molecular complexity index is 321. The first kappa shape index (κ1) is 14.2. The second-order valence-electron chi connectivity index (χ2n) is 4.68. The molecule has 0 radical (unpaired) electrons. The molecular formula is C13H26N4. The largest absolute Gasteiger partial charge is 0.337 e. The Morgan fingerprint density at radius 3 is 2.65 bits per heavy atom. The van der Waals surface area contributed by atoms with Gasteiger partial charge in [0, 0.05) is 31.5 Å². The van der Waals surface area contributed by atoms with Gasteiger partial charge in [0.25, 0.3) is 0 Å². The number of hydrogen-bond donors (Lipinski definition) is 1. The quantitative estimate of drug-likeness (QED) is 0.784. The van der Waals surface area contributed by atoms with Crippen molar-refractivity contribution in [3.63, 3.8) is 0 Å². The van der Waals surface area contributed by atoms with Gasteiger partial charge in [-0.2, -0.15) is 0 Å². The van der Waals surface area contributed by atoms with E-state index >= 15 is 0 Å². The summed E-state index contributed by atoms with van der Waals surface area (Å²) in [6, 6.07) is 1.06. The lowest BCUT2D eigenvalue weighted by molar-refractivity contribution is 0.191. The van der Waals surface area contributed by atoms with E-state index in [4.69, 9.17) is 0 Å². The fraction of sp³-hybridized carbons (Fsp3) is 0.769. The van der Waals surface area contributed by atoms with Crippen molar-refractivity contribution in [2.24, 2.45) is 7.05 Å². The summed E-state index contributed by atoms with van der Waals surface area (Å²) in [5.74, 6) is 1.12. The number of nitrogens with one attached hydrogen (secondary N) is 1. The molecule has 0 saturated carbocycles. The maximum atomic E-state index is 4.37. The van der Waals surface area contributed by atoms with Crippen molar-refractivity contribution in [1.82, 2.24) is 19.8 Å². The summed E-state index contributed by atoms with van der Waals surface area (Å²) in [5, 5.41) is 3.54.